The van der Waals surface area contributed by atoms with Crippen LogP contribution in [0.1, 0.15) is 24.6 Å². The Morgan fingerprint density at radius 3 is 2.48 bits per heavy atom. The molecule has 0 amide bonds. The molecule has 0 bridgehead atoms. The number of para-hydroxylation sites is 1. The number of fused-ring (bicyclic) bond motifs is 1. The lowest BCUT2D eigenvalue weighted by Crippen LogP contribution is -2.47. The van der Waals surface area contributed by atoms with Gasteiger partial charge in [0, 0.05) is 44.8 Å². The second-order valence-corrected chi connectivity index (χ2v) is 6.61. The van der Waals surface area contributed by atoms with Crippen molar-refractivity contribution >= 4 is 35.7 Å². The van der Waals surface area contributed by atoms with Crippen LogP contribution in [0.2, 0.25) is 0 Å². The average molecular weight is 384 g/mol. The fourth-order valence-electron chi connectivity index (χ4n) is 3.97. The summed E-state index contributed by atoms with van der Waals surface area (Å²) in [6.45, 7) is 6.15. The van der Waals surface area contributed by atoms with E-state index in [2.05, 4.69) is 46.6 Å². The summed E-state index contributed by atoms with van der Waals surface area (Å²) in [6, 6.07) is 13.3. The molecular weight excluding hydrogens is 357 g/mol. The van der Waals surface area contributed by atoms with Crippen molar-refractivity contribution in [2.45, 2.75) is 18.9 Å². The Kier molecular flexibility index (Phi) is 7.91. The van der Waals surface area contributed by atoms with Crippen molar-refractivity contribution in [1.82, 2.24) is 15.2 Å². The Balaban J connectivity index is 0.00000113. The van der Waals surface area contributed by atoms with Crippen LogP contribution >= 0.6 is 24.8 Å². The van der Waals surface area contributed by atoms with E-state index in [1.54, 1.807) is 0 Å². The lowest BCUT2D eigenvalue weighted by Gasteiger charge is -2.40. The Morgan fingerprint density at radius 1 is 1.00 bits per heavy atom. The Hall–Kier alpha value is -0.910. The van der Waals surface area contributed by atoms with Gasteiger partial charge in [0.1, 0.15) is 0 Å². The second kappa shape index (κ2) is 9.70. The molecular formula is C19H27Cl2N3O. The number of halogens is 2. The lowest BCUT2D eigenvalue weighted by atomic mass is 9.87. The van der Waals surface area contributed by atoms with Gasteiger partial charge >= 0.3 is 0 Å². The fourth-order valence-corrected chi connectivity index (χ4v) is 3.97. The SMILES string of the molecule is Cl.Cl.c1ccc2nc([C@H](C3CCOCC3)N3CCNCC3)ccc2c1. The molecule has 25 heavy (non-hydrogen) atoms. The molecule has 6 heteroatoms. The zero-order valence-electron chi connectivity index (χ0n) is 14.4. The minimum absolute atomic E-state index is 0. The van der Waals surface area contributed by atoms with E-state index in [1.807, 2.05) is 0 Å². The van der Waals surface area contributed by atoms with Crippen LogP contribution in [0.15, 0.2) is 36.4 Å². The first-order valence-electron chi connectivity index (χ1n) is 8.80. The van der Waals surface area contributed by atoms with Crippen molar-refractivity contribution in [2.75, 3.05) is 39.4 Å². The van der Waals surface area contributed by atoms with Crippen LogP contribution in [0, 0.1) is 5.92 Å². The van der Waals surface area contributed by atoms with Gasteiger partial charge in [0.25, 0.3) is 0 Å². The molecule has 4 rings (SSSR count). The van der Waals surface area contributed by atoms with Crippen LogP contribution in [0.4, 0.5) is 0 Å². The monoisotopic (exact) mass is 383 g/mol. The van der Waals surface area contributed by atoms with Crippen LogP contribution in [-0.2, 0) is 4.74 Å². The van der Waals surface area contributed by atoms with Crippen molar-refractivity contribution in [1.29, 1.82) is 0 Å². The predicted octanol–water partition coefficient (Wildman–Crippen LogP) is 3.45. The molecule has 2 fully saturated rings. The number of aromatic nitrogens is 1. The third-order valence-corrected chi connectivity index (χ3v) is 5.18. The normalized spacial score (nSPS) is 20.5. The smallest absolute Gasteiger partial charge is 0.0706 e. The van der Waals surface area contributed by atoms with Crippen molar-refractivity contribution in [3.8, 4) is 0 Å². The summed E-state index contributed by atoms with van der Waals surface area (Å²) in [5.74, 6) is 0.649. The van der Waals surface area contributed by atoms with E-state index in [1.165, 1.54) is 11.1 Å². The molecule has 138 valence electrons. The molecule has 0 radical (unpaired) electrons. The van der Waals surface area contributed by atoms with E-state index in [0.29, 0.717) is 12.0 Å². The van der Waals surface area contributed by atoms with Gasteiger partial charge in [-0.05, 0) is 30.9 Å². The van der Waals surface area contributed by atoms with Gasteiger partial charge in [-0.25, -0.2) is 0 Å². The Labute approximate surface area is 162 Å². The maximum Gasteiger partial charge on any atom is 0.0706 e. The highest BCUT2D eigenvalue weighted by molar-refractivity contribution is 5.85. The topological polar surface area (TPSA) is 37.4 Å². The van der Waals surface area contributed by atoms with Gasteiger partial charge in [0.05, 0.1) is 17.3 Å². The first kappa shape index (κ1) is 20.4. The summed E-state index contributed by atoms with van der Waals surface area (Å²) in [7, 11) is 0. The molecule has 2 aromatic rings. The van der Waals surface area contributed by atoms with Gasteiger partial charge < -0.3 is 10.1 Å². The van der Waals surface area contributed by atoms with E-state index >= 15 is 0 Å². The number of pyridine rings is 1. The van der Waals surface area contributed by atoms with Gasteiger partial charge in [-0.15, -0.1) is 24.8 Å². The molecule has 2 aliphatic heterocycles. The van der Waals surface area contributed by atoms with Crippen molar-refractivity contribution in [2.24, 2.45) is 5.92 Å². The Bertz CT molecular complexity index is 640. The molecule has 1 aromatic heterocycles. The maximum absolute atomic E-state index is 5.59. The van der Waals surface area contributed by atoms with Crippen LogP contribution in [0.5, 0.6) is 0 Å². The summed E-state index contributed by atoms with van der Waals surface area (Å²) in [5, 5.41) is 4.69. The first-order chi connectivity index (χ1) is 11.4. The summed E-state index contributed by atoms with van der Waals surface area (Å²) >= 11 is 0. The molecule has 3 heterocycles. The third-order valence-electron chi connectivity index (χ3n) is 5.18. The van der Waals surface area contributed by atoms with Crippen molar-refractivity contribution < 1.29 is 4.74 Å². The first-order valence-corrected chi connectivity index (χ1v) is 8.80. The highest BCUT2D eigenvalue weighted by Gasteiger charge is 2.32. The molecule has 0 unspecified atom stereocenters. The molecule has 0 spiro atoms. The molecule has 4 nitrogen and oxygen atoms in total. The summed E-state index contributed by atoms with van der Waals surface area (Å²) in [4.78, 5) is 7.65. The van der Waals surface area contributed by atoms with E-state index in [-0.39, 0.29) is 24.8 Å². The number of rotatable bonds is 3. The number of nitrogens with one attached hydrogen (secondary N) is 1. The predicted molar refractivity (Wildman–Crippen MR) is 107 cm³/mol. The molecule has 1 N–H and O–H groups in total. The van der Waals surface area contributed by atoms with E-state index in [9.17, 15) is 0 Å². The van der Waals surface area contributed by atoms with Crippen LogP contribution in [-0.4, -0.2) is 49.3 Å². The summed E-state index contributed by atoms with van der Waals surface area (Å²) in [6.07, 6.45) is 2.28. The molecule has 2 saturated heterocycles. The summed E-state index contributed by atoms with van der Waals surface area (Å²) < 4.78 is 5.59. The molecule has 1 atom stereocenters. The number of hydrogen-bond acceptors (Lipinski definition) is 4. The number of piperazine rings is 1. The maximum atomic E-state index is 5.59. The number of nitrogens with zero attached hydrogens (tertiary/aromatic N) is 2. The largest absolute Gasteiger partial charge is 0.381 e. The number of benzene rings is 1. The molecule has 1 aromatic carbocycles. The number of ether oxygens (including phenoxy) is 1. The molecule has 2 aliphatic rings. The van der Waals surface area contributed by atoms with Gasteiger partial charge in [-0.2, -0.15) is 0 Å². The second-order valence-electron chi connectivity index (χ2n) is 6.61. The zero-order valence-corrected chi connectivity index (χ0v) is 16.0. The van der Waals surface area contributed by atoms with Gasteiger partial charge in [-0.3, -0.25) is 9.88 Å². The lowest BCUT2D eigenvalue weighted by molar-refractivity contribution is 0.0202. The van der Waals surface area contributed by atoms with Gasteiger partial charge in [0.15, 0.2) is 0 Å². The zero-order chi connectivity index (χ0) is 15.5. The average Bonchev–Trinajstić information content (AvgIpc) is 2.64. The third kappa shape index (κ3) is 4.63. The van der Waals surface area contributed by atoms with Crippen molar-refractivity contribution in [3.05, 3.63) is 42.1 Å². The fraction of sp³-hybridized carbons (Fsp3) is 0.526. The van der Waals surface area contributed by atoms with Crippen LogP contribution in [0.3, 0.4) is 0 Å². The van der Waals surface area contributed by atoms with E-state index < -0.39 is 0 Å². The van der Waals surface area contributed by atoms with Crippen LogP contribution in [0.25, 0.3) is 10.9 Å². The standard InChI is InChI=1S/C19H25N3O.2ClH/c1-2-4-17-15(3-1)5-6-18(21-17)19(16-7-13-23-14-8-16)22-11-9-20-10-12-22;;/h1-6,16,19-20H,7-14H2;2*1H/t19-;;/m0../s1. The minimum Gasteiger partial charge on any atom is -0.381 e. The summed E-state index contributed by atoms with van der Waals surface area (Å²) in [5.41, 5.74) is 2.34. The van der Waals surface area contributed by atoms with E-state index in [4.69, 9.17) is 9.72 Å². The van der Waals surface area contributed by atoms with E-state index in [0.717, 1.165) is 57.8 Å². The van der Waals surface area contributed by atoms with Crippen molar-refractivity contribution in [3.63, 3.8) is 0 Å². The molecule has 0 saturated carbocycles. The minimum atomic E-state index is 0. The van der Waals surface area contributed by atoms with Crippen LogP contribution < -0.4 is 5.32 Å². The Morgan fingerprint density at radius 2 is 1.72 bits per heavy atom. The van der Waals surface area contributed by atoms with Gasteiger partial charge in [0.2, 0.25) is 0 Å². The highest BCUT2D eigenvalue weighted by Crippen LogP contribution is 2.35. The molecule has 0 aliphatic carbocycles. The quantitative estimate of drug-likeness (QED) is 0.880. The van der Waals surface area contributed by atoms with Gasteiger partial charge in [-0.1, -0.05) is 24.3 Å². The number of hydrogen-bond donors (Lipinski definition) is 1. The highest BCUT2D eigenvalue weighted by atomic mass is 35.5.